The Kier molecular flexibility index (Phi) is 5.55. The van der Waals surface area contributed by atoms with Crippen LogP contribution in [0.25, 0.3) is 0 Å². The molecule has 1 amide bonds. The summed E-state index contributed by atoms with van der Waals surface area (Å²) in [6, 6.07) is 0. The molecular formula is C14H24N2O3. The molecule has 1 fully saturated rings. The molecular weight excluding hydrogens is 244 g/mol. The molecule has 0 unspecified atom stereocenters. The van der Waals surface area contributed by atoms with Gasteiger partial charge in [-0.2, -0.15) is 0 Å². The Labute approximate surface area is 114 Å². The number of carbonyl (C=O) groups is 1. The second kappa shape index (κ2) is 6.71. The van der Waals surface area contributed by atoms with Crippen molar-refractivity contribution in [3.8, 4) is 0 Å². The molecule has 5 heteroatoms. The van der Waals surface area contributed by atoms with Crippen LogP contribution in [0.2, 0.25) is 0 Å². The minimum absolute atomic E-state index is 0.277. The predicted octanol–water partition coefficient (Wildman–Crippen LogP) is 2.94. The summed E-state index contributed by atoms with van der Waals surface area (Å²) in [5.74, 6) is 0. The van der Waals surface area contributed by atoms with Crippen LogP contribution in [0.5, 0.6) is 0 Å². The smallest absolute Gasteiger partial charge is 0.408 e. The number of aliphatic imine (C=N–C) groups is 1. The average Bonchev–Trinajstić information content (AvgIpc) is 2.27. The third-order valence-electron chi connectivity index (χ3n) is 3.34. The van der Waals surface area contributed by atoms with Crippen molar-refractivity contribution in [1.29, 1.82) is 0 Å². The lowest BCUT2D eigenvalue weighted by atomic mass is 9.79. The summed E-state index contributed by atoms with van der Waals surface area (Å²) in [5.41, 5.74) is -0.776. The second-order valence-electron chi connectivity index (χ2n) is 6.19. The highest BCUT2D eigenvalue weighted by Crippen LogP contribution is 2.31. The van der Waals surface area contributed by atoms with Crippen LogP contribution in [0, 0.1) is 0 Å². The van der Waals surface area contributed by atoms with Crippen molar-refractivity contribution in [2.24, 2.45) is 4.99 Å². The lowest BCUT2D eigenvalue weighted by Gasteiger charge is -2.38. The Hall–Kier alpha value is -1.35. The van der Waals surface area contributed by atoms with E-state index in [9.17, 15) is 9.59 Å². The van der Waals surface area contributed by atoms with E-state index in [1.807, 2.05) is 20.8 Å². The van der Waals surface area contributed by atoms with E-state index in [2.05, 4.69) is 10.3 Å². The summed E-state index contributed by atoms with van der Waals surface area (Å²) in [6.07, 6.45) is 7.02. The zero-order chi connectivity index (χ0) is 14.4. The van der Waals surface area contributed by atoms with Gasteiger partial charge in [0.05, 0.1) is 6.54 Å². The maximum absolute atomic E-state index is 11.9. The van der Waals surface area contributed by atoms with Gasteiger partial charge in [-0.1, -0.05) is 19.3 Å². The third kappa shape index (κ3) is 5.88. The highest BCUT2D eigenvalue weighted by atomic mass is 16.6. The quantitative estimate of drug-likeness (QED) is 0.629. The minimum atomic E-state index is -0.499. The van der Waals surface area contributed by atoms with Crippen LogP contribution in [0.3, 0.4) is 0 Å². The van der Waals surface area contributed by atoms with Crippen LogP contribution in [0.1, 0.15) is 59.3 Å². The second-order valence-corrected chi connectivity index (χ2v) is 6.19. The number of nitrogens with zero attached hydrogens (tertiary/aromatic N) is 1. The summed E-state index contributed by atoms with van der Waals surface area (Å²) in [4.78, 5) is 25.7. The van der Waals surface area contributed by atoms with Crippen molar-refractivity contribution in [2.45, 2.75) is 70.4 Å². The highest BCUT2D eigenvalue weighted by Gasteiger charge is 2.34. The molecule has 0 aliphatic heterocycles. The number of isocyanates is 1. The summed E-state index contributed by atoms with van der Waals surface area (Å²) in [7, 11) is 0. The van der Waals surface area contributed by atoms with Crippen molar-refractivity contribution in [2.75, 3.05) is 6.54 Å². The number of hydrogen-bond donors (Lipinski definition) is 1. The normalized spacial score (nSPS) is 18.3. The third-order valence-corrected chi connectivity index (χ3v) is 3.34. The van der Waals surface area contributed by atoms with E-state index in [1.165, 1.54) is 6.42 Å². The highest BCUT2D eigenvalue weighted by molar-refractivity contribution is 5.68. The lowest BCUT2D eigenvalue weighted by molar-refractivity contribution is 0.0418. The summed E-state index contributed by atoms with van der Waals surface area (Å²) < 4.78 is 5.31. The fraction of sp³-hybridized carbons (Fsp3) is 0.857. The molecule has 19 heavy (non-hydrogen) atoms. The number of ether oxygens (including phenoxy) is 1. The van der Waals surface area contributed by atoms with E-state index < -0.39 is 5.60 Å². The van der Waals surface area contributed by atoms with Crippen molar-refractivity contribution >= 4 is 12.2 Å². The molecule has 1 saturated carbocycles. The maximum Gasteiger partial charge on any atom is 0.408 e. The van der Waals surface area contributed by atoms with Gasteiger partial charge in [0, 0.05) is 5.54 Å². The van der Waals surface area contributed by atoms with Gasteiger partial charge in [-0.25, -0.2) is 14.6 Å². The topological polar surface area (TPSA) is 67.8 Å². The molecule has 1 N–H and O–H groups in total. The van der Waals surface area contributed by atoms with Gasteiger partial charge >= 0.3 is 6.09 Å². The van der Waals surface area contributed by atoms with E-state index >= 15 is 0 Å². The molecule has 0 atom stereocenters. The molecule has 1 rings (SSSR count). The van der Waals surface area contributed by atoms with Crippen LogP contribution < -0.4 is 5.32 Å². The summed E-state index contributed by atoms with van der Waals surface area (Å²) in [6.45, 7) is 5.93. The summed E-state index contributed by atoms with van der Waals surface area (Å²) >= 11 is 0. The Morgan fingerprint density at radius 1 is 1.32 bits per heavy atom. The van der Waals surface area contributed by atoms with Crippen molar-refractivity contribution in [1.82, 2.24) is 5.32 Å². The van der Waals surface area contributed by atoms with Gasteiger partial charge in [-0.05, 0) is 40.0 Å². The molecule has 0 saturated heterocycles. The zero-order valence-corrected chi connectivity index (χ0v) is 12.1. The molecule has 0 aromatic carbocycles. The number of rotatable bonds is 4. The van der Waals surface area contributed by atoms with E-state index in [0.29, 0.717) is 13.0 Å². The zero-order valence-electron chi connectivity index (χ0n) is 12.1. The van der Waals surface area contributed by atoms with Crippen LogP contribution in [-0.2, 0) is 9.53 Å². The number of hydrogen-bond acceptors (Lipinski definition) is 4. The lowest BCUT2D eigenvalue weighted by Crippen LogP contribution is -2.51. The first kappa shape index (κ1) is 15.7. The Balaban J connectivity index is 2.63. The molecule has 0 heterocycles. The molecule has 108 valence electrons. The average molecular weight is 268 g/mol. The van der Waals surface area contributed by atoms with Gasteiger partial charge in [-0.15, -0.1) is 0 Å². The fourth-order valence-corrected chi connectivity index (χ4v) is 2.50. The molecule has 1 aliphatic rings. The van der Waals surface area contributed by atoms with Crippen LogP contribution in [0.15, 0.2) is 4.99 Å². The van der Waals surface area contributed by atoms with Crippen LogP contribution in [0.4, 0.5) is 4.79 Å². The first-order chi connectivity index (χ1) is 8.87. The largest absolute Gasteiger partial charge is 0.444 e. The van der Waals surface area contributed by atoms with Gasteiger partial charge in [-0.3, -0.25) is 0 Å². The van der Waals surface area contributed by atoms with Crippen LogP contribution >= 0.6 is 0 Å². The Morgan fingerprint density at radius 3 is 2.47 bits per heavy atom. The molecule has 1 aliphatic carbocycles. The molecule has 0 radical (unpaired) electrons. The molecule has 0 aromatic rings. The fourth-order valence-electron chi connectivity index (χ4n) is 2.50. The maximum atomic E-state index is 11.9. The Morgan fingerprint density at radius 2 is 1.95 bits per heavy atom. The van der Waals surface area contributed by atoms with E-state index in [1.54, 1.807) is 6.08 Å². The van der Waals surface area contributed by atoms with Gasteiger partial charge in [0.2, 0.25) is 6.08 Å². The molecule has 5 nitrogen and oxygen atoms in total. The van der Waals surface area contributed by atoms with Crippen molar-refractivity contribution in [3.05, 3.63) is 0 Å². The predicted molar refractivity (Wildman–Crippen MR) is 72.8 cm³/mol. The molecule has 0 spiro atoms. The standard InChI is InChI=1S/C14H24N2O3/c1-13(2,3)19-12(18)16-14(9-10-15-11-17)7-5-4-6-8-14/h4-10H2,1-3H3,(H,16,18). The van der Waals surface area contributed by atoms with Crippen molar-refractivity contribution < 1.29 is 14.3 Å². The van der Waals surface area contributed by atoms with Gasteiger partial charge in [0.15, 0.2) is 0 Å². The summed E-state index contributed by atoms with van der Waals surface area (Å²) in [5, 5.41) is 3.00. The first-order valence-corrected chi connectivity index (χ1v) is 6.92. The van der Waals surface area contributed by atoms with Gasteiger partial charge in [0.25, 0.3) is 0 Å². The molecule has 0 aromatic heterocycles. The van der Waals surface area contributed by atoms with E-state index in [0.717, 1.165) is 25.7 Å². The number of nitrogens with one attached hydrogen (secondary N) is 1. The first-order valence-electron chi connectivity index (χ1n) is 6.92. The van der Waals surface area contributed by atoms with E-state index in [-0.39, 0.29) is 11.6 Å². The number of alkyl carbamates (subject to hydrolysis) is 1. The van der Waals surface area contributed by atoms with Crippen molar-refractivity contribution in [3.63, 3.8) is 0 Å². The van der Waals surface area contributed by atoms with E-state index in [4.69, 9.17) is 4.74 Å². The van der Waals surface area contributed by atoms with Gasteiger partial charge < -0.3 is 10.1 Å². The minimum Gasteiger partial charge on any atom is -0.444 e. The monoisotopic (exact) mass is 268 g/mol. The van der Waals surface area contributed by atoms with Gasteiger partial charge in [0.1, 0.15) is 5.60 Å². The molecule has 0 bridgehead atoms. The SMILES string of the molecule is CC(C)(C)OC(=O)NC1(CCN=C=O)CCCCC1. The number of carbonyl (C=O) groups excluding carboxylic acids is 2. The number of amides is 1. The van der Waals surface area contributed by atoms with Crippen LogP contribution in [-0.4, -0.2) is 29.9 Å². The Bertz CT molecular complexity index is 348.